The van der Waals surface area contributed by atoms with Gasteiger partial charge in [-0.3, -0.25) is 4.79 Å². The van der Waals surface area contributed by atoms with Crippen molar-refractivity contribution in [2.24, 2.45) is 0 Å². The lowest BCUT2D eigenvalue weighted by molar-refractivity contribution is -0.143. The number of hydrogen-bond acceptors (Lipinski definition) is 3. The van der Waals surface area contributed by atoms with Crippen LogP contribution in [-0.4, -0.2) is 19.7 Å². The first-order valence-electron chi connectivity index (χ1n) is 5.69. The van der Waals surface area contributed by atoms with Gasteiger partial charge in [0.2, 0.25) is 0 Å². The van der Waals surface area contributed by atoms with Crippen LogP contribution in [0.5, 0.6) is 5.75 Å². The molecule has 5 heteroatoms. The number of alkyl halides is 2. The van der Waals surface area contributed by atoms with Crippen molar-refractivity contribution < 1.29 is 23.0 Å². The molecule has 0 saturated carbocycles. The van der Waals surface area contributed by atoms with Gasteiger partial charge in [-0.05, 0) is 25.0 Å². The molecule has 0 bridgehead atoms. The van der Waals surface area contributed by atoms with Gasteiger partial charge in [-0.2, -0.15) is 0 Å². The number of hydrogen-bond donors (Lipinski definition) is 0. The van der Waals surface area contributed by atoms with Crippen molar-refractivity contribution in [3.8, 4) is 5.75 Å². The van der Waals surface area contributed by atoms with Gasteiger partial charge in [-0.1, -0.05) is 12.1 Å². The van der Waals surface area contributed by atoms with E-state index in [1.165, 1.54) is 13.2 Å². The first-order chi connectivity index (χ1) is 8.60. The van der Waals surface area contributed by atoms with E-state index < -0.39 is 6.43 Å². The number of esters is 1. The maximum Gasteiger partial charge on any atom is 0.306 e. The van der Waals surface area contributed by atoms with Crippen molar-refractivity contribution in [2.45, 2.75) is 26.2 Å². The lowest BCUT2D eigenvalue weighted by Gasteiger charge is -2.12. The predicted octanol–water partition coefficient (Wildman–Crippen LogP) is 3.13. The minimum absolute atomic E-state index is 0.0841. The summed E-state index contributed by atoms with van der Waals surface area (Å²) in [5, 5.41) is 0. The molecule has 0 aliphatic rings. The summed E-state index contributed by atoms with van der Waals surface area (Å²) >= 11 is 0. The summed E-state index contributed by atoms with van der Waals surface area (Å²) in [6.07, 6.45) is -2.32. The summed E-state index contributed by atoms with van der Waals surface area (Å²) in [4.78, 5) is 11.2. The number of carbonyl (C=O) groups is 1. The van der Waals surface area contributed by atoms with Gasteiger partial charge in [-0.15, -0.1) is 0 Å². The molecule has 1 aromatic rings. The fraction of sp³-hybridized carbons (Fsp3) is 0.462. The Balaban J connectivity index is 2.84. The Bertz CT molecular complexity index is 405. The van der Waals surface area contributed by atoms with Crippen molar-refractivity contribution in [3.63, 3.8) is 0 Å². The van der Waals surface area contributed by atoms with E-state index in [2.05, 4.69) is 0 Å². The summed E-state index contributed by atoms with van der Waals surface area (Å²) < 4.78 is 35.6. The Kier molecular flexibility index (Phi) is 5.55. The molecule has 1 aromatic carbocycles. The largest absolute Gasteiger partial charge is 0.496 e. The van der Waals surface area contributed by atoms with Gasteiger partial charge in [0.25, 0.3) is 6.43 Å². The standard InChI is InChI=1S/C13H16F2O3/c1-3-18-11(16)8-7-9-5-4-6-10(17-2)12(9)13(14)15/h4-6,13H,3,7-8H2,1-2H3. The molecule has 0 aliphatic carbocycles. The maximum absolute atomic E-state index is 13.0. The highest BCUT2D eigenvalue weighted by Gasteiger charge is 2.19. The lowest BCUT2D eigenvalue weighted by atomic mass is 10.0. The normalized spacial score (nSPS) is 10.5. The van der Waals surface area contributed by atoms with Crippen molar-refractivity contribution in [3.05, 3.63) is 29.3 Å². The number of rotatable bonds is 6. The van der Waals surface area contributed by atoms with E-state index in [0.29, 0.717) is 12.2 Å². The number of methoxy groups -OCH3 is 1. The second-order valence-corrected chi connectivity index (χ2v) is 3.64. The number of aryl methyl sites for hydroxylation is 1. The van der Waals surface area contributed by atoms with Gasteiger partial charge < -0.3 is 9.47 Å². The first-order valence-corrected chi connectivity index (χ1v) is 5.69. The molecule has 3 nitrogen and oxygen atoms in total. The molecule has 0 heterocycles. The van der Waals surface area contributed by atoms with E-state index in [1.54, 1.807) is 19.1 Å². The minimum Gasteiger partial charge on any atom is -0.496 e. The van der Waals surface area contributed by atoms with Crippen LogP contribution in [0.3, 0.4) is 0 Å². The number of benzene rings is 1. The molecular formula is C13H16F2O3. The van der Waals surface area contributed by atoms with Crippen LogP contribution in [0.1, 0.15) is 30.9 Å². The third-order valence-corrected chi connectivity index (χ3v) is 2.50. The highest BCUT2D eigenvalue weighted by atomic mass is 19.3. The van der Waals surface area contributed by atoms with Gasteiger partial charge >= 0.3 is 5.97 Å². The molecule has 0 spiro atoms. The summed E-state index contributed by atoms with van der Waals surface area (Å²) in [5.41, 5.74) is 0.265. The zero-order valence-electron chi connectivity index (χ0n) is 10.4. The van der Waals surface area contributed by atoms with Crippen molar-refractivity contribution in [1.29, 1.82) is 0 Å². The highest BCUT2D eigenvalue weighted by molar-refractivity contribution is 5.69. The third kappa shape index (κ3) is 3.68. The van der Waals surface area contributed by atoms with Crippen LogP contribution >= 0.6 is 0 Å². The maximum atomic E-state index is 13.0. The van der Waals surface area contributed by atoms with E-state index in [9.17, 15) is 13.6 Å². The molecule has 0 fully saturated rings. The van der Waals surface area contributed by atoms with Gasteiger partial charge in [0, 0.05) is 6.42 Å². The quantitative estimate of drug-likeness (QED) is 0.735. The van der Waals surface area contributed by atoms with Crippen molar-refractivity contribution >= 4 is 5.97 Å². The Hall–Kier alpha value is -1.65. The molecule has 0 amide bonds. The molecule has 0 N–H and O–H groups in total. The van der Waals surface area contributed by atoms with Crippen LogP contribution in [0.25, 0.3) is 0 Å². The average Bonchev–Trinajstić information content (AvgIpc) is 2.35. The van der Waals surface area contributed by atoms with E-state index in [4.69, 9.17) is 9.47 Å². The van der Waals surface area contributed by atoms with Gasteiger partial charge in [0.15, 0.2) is 0 Å². The van der Waals surface area contributed by atoms with Gasteiger partial charge in [0.1, 0.15) is 5.75 Å². The summed E-state index contributed by atoms with van der Waals surface area (Å²) in [7, 11) is 1.34. The lowest BCUT2D eigenvalue weighted by Crippen LogP contribution is -2.07. The molecule has 100 valence electrons. The molecule has 0 aliphatic heterocycles. The molecular weight excluding hydrogens is 242 g/mol. The smallest absolute Gasteiger partial charge is 0.306 e. The van der Waals surface area contributed by atoms with E-state index in [0.717, 1.165) is 0 Å². The van der Waals surface area contributed by atoms with Crippen LogP contribution in [0.2, 0.25) is 0 Å². The molecule has 0 saturated heterocycles. The van der Waals surface area contributed by atoms with Crippen LogP contribution in [0.4, 0.5) is 8.78 Å². The second kappa shape index (κ2) is 6.93. The average molecular weight is 258 g/mol. The monoisotopic (exact) mass is 258 g/mol. The molecule has 18 heavy (non-hydrogen) atoms. The van der Waals surface area contributed by atoms with E-state index >= 15 is 0 Å². The SMILES string of the molecule is CCOC(=O)CCc1cccc(OC)c1C(F)F. The van der Waals surface area contributed by atoms with Gasteiger partial charge in [-0.25, -0.2) is 8.78 Å². The van der Waals surface area contributed by atoms with Crippen molar-refractivity contribution in [2.75, 3.05) is 13.7 Å². The van der Waals surface area contributed by atoms with E-state index in [1.807, 2.05) is 0 Å². The molecule has 1 rings (SSSR count). The molecule has 0 atom stereocenters. The topological polar surface area (TPSA) is 35.5 Å². The fourth-order valence-corrected chi connectivity index (χ4v) is 1.70. The highest BCUT2D eigenvalue weighted by Crippen LogP contribution is 2.32. The summed E-state index contributed by atoms with van der Waals surface area (Å²) in [6.45, 7) is 1.99. The Morgan fingerprint density at radius 2 is 2.11 bits per heavy atom. The zero-order valence-corrected chi connectivity index (χ0v) is 10.4. The fourth-order valence-electron chi connectivity index (χ4n) is 1.70. The van der Waals surface area contributed by atoms with Gasteiger partial charge in [0.05, 0.1) is 19.3 Å². The predicted molar refractivity (Wildman–Crippen MR) is 62.9 cm³/mol. The van der Waals surface area contributed by atoms with Crippen LogP contribution in [0, 0.1) is 0 Å². The Labute approximate surface area is 105 Å². The molecule has 0 unspecified atom stereocenters. The van der Waals surface area contributed by atoms with E-state index in [-0.39, 0.29) is 30.1 Å². The van der Waals surface area contributed by atoms with Crippen LogP contribution < -0.4 is 4.74 Å². The summed E-state index contributed by atoms with van der Waals surface area (Å²) in [6, 6.07) is 4.68. The number of carbonyl (C=O) groups excluding carboxylic acids is 1. The number of ether oxygens (including phenoxy) is 2. The number of halogens is 2. The summed E-state index contributed by atoms with van der Waals surface area (Å²) in [5.74, 6) is -0.244. The third-order valence-electron chi connectivity index (χ3n) is 2.50. The Morgan fingerprint density at radius 3 is 2.67 bits per heavy atom. The van der Waals surface area contributed by atoms with Crippen molar-refractivity contribution in [1.82, 2.24) is 0 Å². The van der Waals surface area contributed by atoms with Crippen LogP contribution in [-0.2, 0) is 16.0 Å². The van der Waals surface area contributed by atoms with Crippen LogP contribution in [0.15, 0.2) is 18.2 Å². The zero-order chi connectivity index (χ0) is 13.5. The first kappa shape index (κ1) is 14.4. The molecule has 0 aromatic heterocycles. The Morgan fingerprint density at radius 1 is 1.39 bits per heavy atom. The molecule has 0 radical (unpaired) electrons. The second-order valence-electron chi connectivity index (χ2n) is 3.64. The minimum atomic E-state index is -2.63.